The average Bonchev–Trinajstić information content (AvgIpc) is 3.57. The minimum absolute atomic E-state index is 0.151. The first-order valence-electron chi connectivity index (χ1n) is 38.8. The van der Waals surface area contributed by atoms with Crippen LogP contribution in [-0.4, -0.2) is 82.3 Å². The number of nitrogens with zero attached hydrogens (tertiary/aromatic N) is 1. The molecule has 2 unspecified atom stereocenters. The van der Waals surface area contributed by atoms with E-state index in [1.165, 1.54) is 347 Å². The summed E-state index contributed by atoms with van der Waals surface area (Å²) in [7, 11) is 5.95. The minimum atomic E-state index is -1.62. The Labute approximate surface area is 542 Å². The van der Waals surface area contributed by atoms with Crippen LogP contribution in [0.5, 0.6) is 0 Å². The van der Waals surface area contributed by atoms with Crippen LogP contribution in [0.3, 0.4) is 0 Å². The maximum atomic E-state index is 12.9. The van der Waals surface area contributed by atoms with Crippen molar-refractivity contribution in [2.75, 3.05) is 47.5 Å². The summed E-state index contributed by atoms with van der Waals surface area (Å²) >= 11 is 0. The Balaban J connectivity index is 3.88. The molecule has 9 heteroatoms. The van der Waals surface area contributed by atoms with Crippen molar-refractivity contribution in [2.45, 2.75) is 424 Å². The molecule has 0 saturated carbocycles. The van der Waals surface area contributed by atoms with Crippen LogP contribution >= 0.6 is 0 Å². The predicted molar refractivity (Wildman–Crippen MR) is 371 cm³/mol. The van der Waals surface area contributed by atoms with Crippen molar-refractivity contribution in [1.29, 1.82) is 0 Å². The summed E-state index contributed by atoms with van der Waals surface area (Å²) < 4.78 is 22.8. The molecule has 0 aliphatic heterocycles. The molecular formula is C78H151NO8. The Morgan fingerprint density at radius 2 is 0.586 bits per heavy atom. The number of unbranched alkanes of at least 4 members (excludes halogenated alkanes) is 57. The molecule has 0 radical (unpaired) electrons. The van der Waals surface area contributed by atoms with Gasteiger partial charge in [0.05, 0.1) is 40.3 Å². The summed E-state index contributed by atoms with van der Waals surface area (Å²) in [6.45, 7) is 4.83. The number of aliphatic carboxylic acids is 1. The van der Waals surface area contributed by atoms with Crippen LogP contribution in [0.15, 0.2) is 12.2 Å². The molecule has 0 aliphatic rings. The van der Waals surface area contributed by atoms with Crippen molar-refractivity contribution < 1.29 is 42.9 Å². The second kappa shape index (κ2) is 69.9. The van der Waals surface area contributed by atoms with E-state index >= 15 is 0 Å². The monoisotopic (exact) mass is 1230 g/mol. The summed E-state index contributed by atoms with van der Waals surface area (Å²) in [5.41, 5.74) is 0. The normalized spacial score (nSPS) is 12.6. The molecule has 9 nitrogen and oxygen atoms in total. The SMILES string of the molecule is CCCCCCCCCC/C=C\CCCCCCCCCCCC(=O)OC(COC(=O)CCCCCCCCCCCCCCCCCCCCCCCCCCCCCCCCCCCCCCCCCCC)COC(OCC[N+](C)(C)C)C(=O)[O-]. The van der Waals surface area contributed by atoms with E-state index in [9.17, 15) is 19.5 Å². The topological polar surface area (TPSA) is 111 Å². The molecular weight excluding hydrogens is 1080 g/mol. The van der Waals surface area contributed by atoms with Gasteiger partial charge >= 0.3 is 11.9 Å². The molecule has 516 valence electrons. The van der Waals surface area contributed by atoms with Crippen LogP contribution in [0.4, 0.5) is 0 Å². The van der Waals surface area contributed by atoms with Crippen molar-refractivity contribution in [1.82, 2.24) is 0 Å². The molecule has 0 bridgehead atoms. The lowest BCUT2D eigenvalue weighted by Gasteiger charge is -2.26. The summed E-state index contributed by atoms with van der Waals surface area (Å²) in [6, 6.07) is 0. The highest BCUT2D eigenvalue weighted by Crippen LogP contribution is 2.20. The van der Waals surface area contributed by atoms with E-state index in [2.05, 4.69) is 26.0 Å². The lowest BCUT2D eigenvalue weighted by atomic mass is 10.0. The average molecular weight is 1230 g/mol. The van der Waals surface area contributed by atoms with E-state index in [0.29, 0.717) is 23.9 Å². The number of ether oxygens (including phenoxy) is 4. The summed E-state index contributed by atoms with van der Waals surface area (Å²) in [5.74, 6) is -2.25. The van der Waals surface area contributed by atoms with Gasteiger partial charge in [0.1, 0.15) is 13.2 Å². The highest BCUT2D eigenvalue weighted by molar-refractivity contribution is 5.70. The summed E-state index contributed by atoms with van der Waals surface area (Å²) in [6.07, 6.45) is 83.5. The third kappa shape index (κ3) is 71.3. The van der Waals surface area contributed by atoms with Gasteiger partial charge in [0.15, 0.2) is 12.4 Å². The van der Waals surface area contributed by atoms with Gasteiger partial charge in [0.2, 0.25) is 0 Å². The summed E-state index contributed by atoms with van der Waals surface area (Å²) in [4.78, 5) is 37.5. The third-order valence-electron chi connectivity index (χ3n) is 18.0. The Morgan fingerprint density at radius 3 is 0.851 bits per heavy atom. The first kappa shape index (κ1) is 85.0. The molecule has 0 rings (SSSR count). The van der Waals surface area contributed by atoms with E-state index < -0.39 is 24.3 Å². The number of carboxylic acids is 1. The molecule has 0 aliphatic carbocycles. The lowest BCUT2D eigenvalue weighted by Crippen LogP contribution is -2.44. The second-order valence-electron chi connectivity index (χ2n) is 28.0. The minimum Gasteiger partial charge on any atom is -0.545 e. The van der Waals surface area contributed by atoms with Crippen LogP contribution in [0, 0.1) is 0 Å². The standard InChI is InChI=1S/C78H151NO8/c1-6-8-10-12-14-16-18-20-22-24-26-28-29-30-31-32-33-34-35-36-37-38-39-40-41-42-43-44-45-46-47-49-50-52-54-56-58-60-62-64-66-68-75(80)85-72-74(73-86-78(77(82)83)84-71-70-79(3,4)5)87-76(81)69-67-65-63-61-59-57-55-53-51-48-27-25-23-21-19-17-15-13-11-9-7-2/h25,27,74,78H,6-24,26,28-73H2,1-5H3/b27-25-. The van der Waals surface area contributed by atoms with Crippen molar-refractivity contribution in [3.05, 3.63) is 12.2 Å². The van der Waals surface area contributed by atoms with Gasteiger partial charge in [-0.3, -0.25) is 9.59 Å². The number of hydrogen-bond acceptors (Lipinski definition) is 8. The number of quaternary nitrogens is 1. The Hall–Kier alpha value is -1.97. The molecule has 0 fully saturated rings. The first-order chi connectivity index (χ1) is 42.6. The van der Waals surface area contributed by atoms with Gasteiger partial charge in [-0.2, -0.15) is 0 Å². The zero-order valence-corrected chi connectivity index (χ0v) is 59.2. The highest BCUT2D eigenvalue weighted by atomic mass is 16.7. The number of hydrogen-bond donors (Lipinski definition) is 0. The smallest absolute Gasteiger partial charge is 0.306 e. The molecule has 0 saturated heterocycles. The third-order valence-corrected chi connectivity index (χ3v) is 18.0. The fourth-order valence-electron chi connectivity index (χ4n) is 12.1. The molecule has 0 aromatic heterocycles. The number of carbonyl (C=O) groups is 3. The van der Waals surface area contributed by atoms with Crippen LogP contribution in [-0.2, 0) is 33.3 Å². The zero-order valence-electron chi connectivity index (χ0n) is 59.2. The van der Waals surface area contributed by atoms with Gasteiger partial charge in [-0.25, -0.2) is 0 Å². The van der Waals surface area contributed by atoms with E-state index in [1.807, 2.05) is 21.1 Å². The van der Waals surface area contributed by atoms with Crippen molar-refractivity contribution in [2.24, 2.45) is 0 Å². The molecule has 2 atom stereocenters. The van der Waals surface area contributed by atoms with Gasteiger partial charge in [-0.15, -0.1) is 0 Å². The molecule has 0 spiro atoms. The highest BCUT2D eigenvalue weighted by Gasteiger charge is 2.22. The van der Waals surface area contributed by atoms with E-state index in [1.54, 1.807) is 0 Å². The lowest BCUT2D eigenvalue weighted by molar-refractivity contribution is -0.870. The number of esters is 2. The van der Waals surface area contributed by atoms with E-state index in [-0.39, 0.29) is 32.2 Å². The summed E-state index contributed by atoms with van der Waals surface area (Å²) in [5, 5.41) is 11.8. The molecule has 0 heterocycles. The Bertz CT molecular complexity index is 1430. The van der Waals surface area contributed by atoms with Crippen LogP contribution < -0.4 is 5.11 Å². The van der Waals surface area contributed by atoms with Gasteiger partial charge in [-0.05, 0) is 38.5 Å². The molecule has 0 N–H and O–H groups in total. The number of allylic oxidation sites excluding steroid dienone is 2. The van der Waals surface area contributed by atoms with Crippen LogP contribution in [0.2, 0.25) is 0 Å². The van der Waals surface area contributed by atoms with Gasteiger partial charge in [0, 0.05) is 12.8 Å². The number of carboxylic acid groups (broad SMARTS) is 1. The van der Waals surface area contributed by atoms with Crippen molar-refractivity contribution in [3.63, 3.8) is 0 Å². The van der Waals surface area contributed by atoms with Gasteiger partial charge in [-0.1, -0.05) is 373 Å². The van der Waals surface area contributed by atoms with Crippen molar-refractivity contribution >= 4 is 17.9 Å². The number of likely N-dealkylation sites (N-methyl/N-ethyl adjacent to an activating group) is 1. The van der Waals surface area contributed by atoms with Crippen LogP contribution in [0.25, 0.3) is 0 Å². The van der Waals surface area contributed by atoms with Crippen LogP contribution in [0.1, 0.15) is 412 Å². The predicted octanol–water partition coefficient (Wildman–Crippen LogP) is 23.0. The zero-order chi connectivity index (χ0) is 63.3. The fraction of sp³-hybridized carbons (Fsp3) is 0.936. The Kier molecular flexibility index (Phi) is 68.3. The second-order valence-corrected chi connectivity index (χ2v) is 28.0. The quantitative estimate of drug-likeness (QED) is 0.0195. The molecule has 87 heavy (non-hydrogen) atoms. The van der Waals surface area contributed by atoms with Crippen molar-refractivity contribution in [3.8, 4) is 0 Å². The largest absolute Gasteiger partial charge is 0.545 e. The van der Waals surface area contributed by atoms with Gasteiger partial charge < -0.3 is 33.3 Å². The molecule has 0 amide bonds. The number of carbonyl (C=O) groups excluding carboxylic acids is 3. The van der Waals surface area contributed by atoms with E-state index in [0.717, 1.165) is 32.1 Å². The Morgan fingerprint density at radius 1 is 0.333 bits per heavy atom. The van der Waals surface area contributed by atoms with E-state index in [4.69, 9.17) is 18.9 Å². The maximum absolute atomic E-state index is 12.9. The van der Waals surface area contributed by atoms with Gasteiger partial charge in [0.25, 0.3) is 0 Å². The molecule has 0 aromatic rings. The fourth-order valence-corrected chi connectivity index (χ4v) is 12.1. The first-order valence-corrected chi connectivity index (χ1v) is 38.8. The number of rotatable bonds is 74. The molecule has 0 aromatic carbocycles. The maximum Gasteiger partial charge on any atom is 0.306 e.